The number of sulfone groups is 1. The minimum Gasteiger partial charge on any atom is -0.380 e. The quantitative estimate of drug-likeness (QED) is 0.858. The molecule has 1 rings (SSSR count). The van der Waals surface area contributed by atoms with Crippen LogP contribution in [0.1, 0.15) is 0 Å². The van der Waals surface area contributed by atoms with Crippen molar-refractivity contribution in [3.8, 4) is 0 Å². The Morgan fingerprint density at radius 2 is 2.07 bits per heavy atom. The fraction of sp³-hybridized carbons (Fsp3) is 0.200. The summed E-state index contributed by atoms with van der Waals surface area (Å²) in [7, 11) is -3.25. The van der Waals surface area contributed by atoms with Crippen molar-refractivity contribution in [1.29, 1.82) is 0 Å². The van der Waals surface area contributed by atoms with Crippen LogP contribution in [0.3, 0.4) is 0 Å². The molecule has 3 nitrogen and oxygen atoms in total. The first-order valence-corrected chi connectivity index (χ1v) is 6.23. The van der Waals surface area contributed by atoms with E-state index in [1.54, 1.807) is 18.2 Å². The summed E-state index contributed by atoms with van der Waals surface area (Å²) in [4.78, 5) is 0.220. The number of halogens is 1. The van der Waals surface area contributed by atoms with Gasteiger partial charge in [-0.2, -0.15) is 0 Å². The number of rotatable bonds is 4. The molecule has 0 heterocycles. The number of hydrogen-bond donors (Lipinski definition) is 1. The summed E-state index contributed by atoms with van der Waals surface area (Å²) < 4.78 is 34.4. The average Bonchev–Trinajstić information content (AvgIpc) is 2.17. The average molecular weight is 229 g/mol. The highest BCUT2D eigenvalue weighted by Gasteiger charge is 2.11. The van der Waals surface area contributed by atoms with E-state index in [4.69, 9.17) is 0 Å². The van der Waals surface area contributed by atoms with Gasteiger partial charge in [-0.05, 0) is 18.2 Å². The van der Waals surface area contributed by atoms with Crippen molar-refractivity contribution in [3.05, 3.63) is 36.7 Å². The standard InChI is InChI=1S/C10H12FNO2S/c1-15(13,14)10-6-3-2-5-9(10)12-8-4-7-11/h2-7,12H,8H2,1H3. The van der Waals surface area contributed by atoms with Crippen LogP contribution in [0.4, 0.5) is 10.1 Å². The van der Waals surface area contributed by atoms with Crippen molar-refractivity contribution in [2.24, 2.45) is 0 Å². The van der Waals surface area contributed by atoms with Crippen LogP contribution in [-0.4, -0.2) is 21.2 Å². The van der Waals surface area contributed by atoms with Gasteiger partial charge in [0.25, 0.3) is 0 Å². The molecule has 0 aromatic heterocycles. The molecule has 0 saturated carbocycles. The molecule has 0 unspecified atom stereocenters. The Balaban J connectivity index is 2.97. The number of nitrogens with one attached hydrogen (secondary N) is 1. The zero-order valence-corrected chi connectivity index (χ0v) is 9.09. The van der Waals surface area contributed by atoms with E-state index >= 15 is 0 Å². The number of para-hydroxylation sites is 1. The fourth-order valence-electron chi connectivity index (χ4n) is 1.15. The first-order chi connectivity index (χ1) is 7.05. The Bertz CT molecular complexity index is 454. The van der Waals surface area contributed by atoms with Crippen molar-refractivity contribution in [1.82, 2.24) is 0 Å². The minimum atomic E-state index is -3.25. The highest BCUT2D eigenvalue weighted by Crippen LogP contribution is 2.19. The molecule has 0 spiro atoms. The van der Waals surface area contributed by atoms with Crippen LogP contribution in [0.2, 0.25) is 0 Å². The maximum absolute atomic E-state index is 11.7. The lowest BCUT2D eigenvalue weighted by Crippen LogP contribution is -2.05. The summed E-state index contributed by atoms with van der Waals surface area (Å²) in [6.45, 7) is 0.253. The van der Waals surface area contributed by atoms with Crippen molar-refractivity contribution in [2.75, 3.05) is 18.1 Å². The zero-order valence-electron chi connectivity index (χ0n) is 8.27. The number of hydrogen-bond acceptors (Lipinski definition) is 3. The van der Waals surface area contributed by atoms with Crippen molar-refractivity contribution < 1.29 is 12.8 Å². The number of anilines is 1. The van der Waals surface area contributed by atoms with Gasteiger partial charge in [0.1, 0.15) is 0 Å². The van der Waals surface area contributed by atoms with Gasteiger partial charge in [-0.3, -0.25) is 0 Å². The van der Waals surface area contributed by atoms with Gasteiger partial charge in [-0.25, -0.2) is 12.8 Å². The van der Waals surface area contributed by atoms with E-state index in [2.05, 4.69) is 5.32 Å². The Kier molecular flexibility index (Phi) is 3.85. The molecule has 1 N–H and O–H groups in total. The normalized spacial score (nSPS) is 11.9. The second-order valence-corrected chi connectivity index (χ2v) is 5.00. The van der Waals surface area contributed by atoms with Crippen LogP contribution in [0, 0.1) is 0 Å². The first-order valence-electron chi connectivity index (χ1n) is 4.34. The summed E-state index contributed by atoms with van der Waals surface area (Å²) in [5, 5.41) is 2.81. The largest absolute Gasteiger partial charge is 0.380 e. The monoisotopic (exact) mass is 229 g/mol. The van der Waals surface area contributed by atoms with Gasteiger partial charge in [0.15, 0.2) is 9.84 Å². The van der Waals surface area contributed by atoms with Gasteiger partial charge in [0.05, 0.1) is 16.9 Å². The van der Waals surface area contributed by atoms with Gasteiger partial charge in [-0.1, -0.05) is 12.1 Å². The van der Waals surface area contributed by atoms with Crippen molar-refractivity contribution in [2.45, 2.75) is 4.90 Å². The molecule has 15 heavy (non-hydrogen) atoms. The lowest BCUT2D eigenvalue weighted by atomic mass is 10.3. The van der Waals surface area contributed by atoms with Crippen LogP contribution in [0.5, 0.6) is 0 Å². The highest BCUT2D eigenvalue weighted by molar-refractivity contribution is 7.90. The lowest BCUT2D eigenvalue weighted by molar-refractivity contribution is 0.602. The van der Waals surface area contributed by atoms with Gasteiger partial charge < -0.3 is 5.32 Å². The predicted molar refractivity (Wildman–Crippen MR) is 58.3 cm³/mol. The van der Waals surface area contributed by atoms with E-state index in [0.29, 0.717) is 12.0 Å². The molecule has 0 amide bonds. The smallest absolute Gasteiger partial charge is 0.177 e. The molecule has 0 radical (unpaired) electrons. The molecule has 1 aromatic rings. The molecule has 0 atom stereocenters. The summed E-state index contributed by atoms with van der Waals surface area (Å²) >= 11 is 0. The zero-order chi connectivity index (χ0) is 11.3. The van der Waals surface area contributed by atoms with Gasteiger partial charge in [-0.15, -0.1) is 0 Å². The molecule has 0 bridgehead atoms. The second kappa shape index (κ2) is 4.93. The summed E-state index contributed by atoms with van der Waals surface area (Å²) in [6.07, 6.45) is 2.81. The molecular formula is C10H12FNO2S. The molecule has 1 aromatic carbocycles. The molecule has 0 aliphatic carbocycles. The second-order valence-electron chi connectivity index (χ2n) is 3.01. The Morgan fingerprint density at radius 3 is 2.67 bits per heavy atom. The van der Waals surface area contributed by atoms with Crippen LogP contribution < -0.4 is 5.32 Å². The van der Waals surface area contributed by atoms with Crippen LogP contribution in [-0.2, 0) is 9.84 Å². The minimum absolute atomic E-state index is 0.220. The summed E-state index contributed by atoms with van der Waals surface area (Å²) in [5.41, 5.74) is 0.484. The molecule has 82 valence electrons. The van der Waals surface area contributed by atoms with Crippen LogP contribution in [0.25, 0.3) is 0 Å². The van der Waals surface area contributed by atoms with Crippen molar-refractivity contribution >= 4 is 15.5 Å². The molecule has 5 heteroatoms. The molecule has 0 aliphatic rings. The summed E-state index contributed by atoms with van der Waals surface area (Å²) in [6, 6.07) is 6.52. The topological polar surface area (TPSA) is 46.2 Å². The highest BCUT2D eigenvalue weighted by atomic mass is 32.2. The molecule has 0 aliphatic heterocycles. The van der Waals surface area contributed by atoms with Crippen LogP contribution >= 0.6 is 0 Å². The lowest BCUT2D eigenvalue weighted by Gasteiger charge is -2.08. The number of benzene rings is 1. The predicted octanol–water partition coefficient (Wildman–Crippen LogP) is 1.99. The SMILES string of the molecule is CS(=O)(=O)c1ccccc1NCC=CF. The van der Waals surface area contributed by atoms with Gasteiger partial charge in [0, 0.05) is 12.8 Å². The van der Waals surface area contributed by atoms with E-state index < -0.39 is 9.84 Å². The summed E-state index contributed by atoms with van der Waals surface area (Å²) in [5.74, 6) is 0. The van der Waals surface area contributed by atoms with E-state index in [1.807, 2.05) is 0 Å². The maximum atomic E-state index is 11.7. The molecular weight excluding hydrogens is 217 g/mol. The van der Waals surface area contributed by atoms with E-state index in [9.17, 15) is 12.8 Å². The van der Waals surface area contributed by atoms with E-state index in [-0.39, 0.29) is 11.4 Å². The molecule has 0 fully saturated rings. The first kappa shape index (κ1) is 11.7. The Morgan fingerprint density at radius 1 is 1.40 bits per heavy atom. The fourth-order valence-corrected chi connectivity index (χ4v) is 2.01. The van der Waals surface area contributed by atoms with Crippen molar-refractivity contribution in [3.63, 3.8) is 0 Å². The Hall–Kier alpha value is -1.36. The van der Waals surface area contributed by atoms with E-state index in [1.165, 1.54) is 12.1 Å². The van der Waals surface area contributed by atoms with Gasteiger partial charge in [0.2, 0.25) is 0 Å². The molecule has 0 saturated heterocycles. The maximum Gasteiger partial charge on any atom is 0.177 e. The Labute approximate surface area is 88.5 Å². The van der Waals surface area contributed by atoms with Gasteiger partial charge >= 0.3 is 0 Å². The van der Waals surface area contributed by atoms with E-state index in [0.717, 1.165) is 6.26 Å². The van der Waals surface area contributed by atoms with Crippen LogP contribution in [0.15, 0.2) is 41.6 Å². The third-order valence-corrected chi connectivity index (χ3v) is 2.94. The third kappa shape index (κ3) is 3.36. The third-order valence-electron chi connectivity index (χ3n) is 1.79.